The van der Waals surface area contributed by atoms with Crippen molar-refractivity contribution in [3.63, 3.8) is 0 Å². The Labute approximate surface area is 99.7 Å². The normalized spacial score (nSPS) is 10.1. The summed E-state index contributed by atoms with van der Waals surface area (Å²) >= 11 is 12.1. The number of methoxy groups -OCH3 is 1. The van der Waals surface area contributed by atoms with Gasteiger partial charge in [0.1, 0.15) is 10.8 Å². The zero-order valence-corrected chi connectivity index (χ0v) is 10.2. The molecule has 0 aromatic heterocycles. The average Bonchev–Trinajstić information content (AvgIpc) is 2.25. The van der Waals surface area contributed by atoms with Crippen molar-refractivity contribution < 1.29 is 4.74 Å². The summed E-state index contributed by atoms with van der Waals surface area (Å²) in [7, 11) is 3.45. The maximum Gasteiger partial charge on any atom is 0.139 e. The second kappa shape index (κ2) is 6.05. The minimum absolute atomic E-state index is 0.439. The molecule has 5 heteroatoms. The molecule has 1 rings (SSSR count). The van der Waals surface area contributed by atoms with Crippen LogP contribution in [-0.2, 0) is 0 Å². The van der Waals surface area contributed by atoms with Crippen LogP contribution in [0, 0.1) is 0 Å². The molecule has 0 aliphatic rings. The van der Waals surface area contributed by atoms with E-state index in [1.54, 1.807) is 13.2 Å². The summed E-state index contributed by atoms with van der Waals surface area (Å²) in [4.78, 5) is 0. The van der Waals surface area contributed by atoms with Gasteiger partial charge in [-0.15, -0.1) is 0 Å². The minimum Gasteiger partial charge on any atom is -0.495 e. The van der Waals surface area contributed by atoms with Crippen LogP contribution in [0.25, 0.3) is 0 Å². The number of anilines is 1. The summed E-state index contributed by atoms with van der Waals surface area (Å²) in [6.45, 7) is 1.65. The number of nitrogens with one attached hydrogen (secondary N) is 2. The molecule has 0 bridgehead atoms. The highest BCUT2D eigenvalue weighted by Crippen LogP contribution is 2.37. The number of benzene rings is 1. The van der Waals surface area contributed by atoms with E-state index in [1.165, 1.54) is 0 Å². The molecule has 1 aromatic rings. The molecule has 15 heavy (non-hydrogen) atoms. The molecule has 0 heterocycles. The molecular formula is C10H14Cl2N2O. The molecule has 0 saturated carbocycles. The molecule has 0 amide bonds. The molecule has 0 aliphatic carbocycles. The Morgan fingerprint density at radius 2 is 1.93 bits per heavy atom. The Morgan fingerprint density at radius 1 is 1.20 bits per heavy atom. The topological polar surface area (TPSA) is 33.3 Å². The van der Waals surface area contributed by atoms with E-state index in [4.69, 9.17) is 27.9 Å². The van der Waals surface area contributed by atoms with Gasteiger partial charge in [0.25, 0.3) is 0 Å². The van der Waals surface area contributed by atoms with Crippen molar-refractivity contribution in [2.75, 3.05) is 32.6 Å². The van der Waals surface area contributed by atoms with E-state index in [0.717, 1.165) is 18.8 Å². The van der Waals surface area contributed by atoms with Gasteiger partial charge in [-0.1, -0.05) is 23.2 Å². The quantitative estimate of drug-likeness (QED) is 0.787. The van der Waals surface area contributed by atoms with Crippen molar-refractivity contribution in [1.29, 1.82) is 0 Å². The fraction of sp³-hybridized carbons (Fsp3) is 0.400. The van der Waals surface area contributed by atoms with Crippen LogP contribution in [0.4, 0.5) is 5.69 Å². The van der Waals surface area contributed by atoms with Crippen molar-refractivity contribution in [3.05, 3.63) is 22.2 Å². The van der Waals surface area contributed by atoms with Crippen LogP contribution < -0.4 is 15.4 Å². The second-order valence-electron chi connectivity index (χ2n) is 2.97. The van der Waals surface area contributed by atoms with E-state index >= 15 is 0 Å². The van der Waals surface area contributed by atoms with Gasteiger partial charge in [-0.05, 0) is 19.2 Å². The molecular weight excluding hydrogens is 235 g/mol. The largest absolute Gasteiger partial charge is 0.495 e. The van der Waals surface area contributed by atoms with Gasteiger partial charge in [0.15, 0.2) is 0 Å². The first-order valence-corrected chi connectivity index (χ1v) is 5.36. The fourth-order valence-corrected chi connectivity index (χ4v) is 1.61. The van der Waals surface area contributed by atoms with Crippen LogP contribution in [0.1, 0.15) is 0 Å². The van der Waals surface area contributed by atoms with Crippen LogP contribution >= 0.6 is 23.2 Å². The number of halogens is 2. The lowest BCUT2D eigenvalue weighted by atomic mass is 10.3. The number of ether oxygens (including phenoxy) is 1. The van der Waals surface area contributed by atoms with E-state index in [0.29, 0.717) is 15.8 Å². The zero-order chi connectivity index (χ0) is 11.3. The molecule has 84 valence electrons. The smallest absolute Gasteiger partial charge is 0.139 e. The first-order valence-electron chi connectivity index (χ1n) is 4.61. The van der Waals surface area contributed by atoms with Crippen molar-refractivity contribution >= 4 is 28.9 Å². The highest BCUT2D eigenvalue weighted by atomic mass is 35.5. The Morgan fingerprint density at radius 3 is 2.53 bits per heavy atom. The van der Waals surface area contributed by atoms with Crippen LogP contribution in [-0.4, -0.2) is 27.2 Å². The lowest BCUT2D eigenvalue weighted by molar-refractivity contribution is 0.415. The summed E-state index contributed by atoms with van der Waals surface area (Å²) in [6, 6.07) is 3.64. The van der Waals surface area contributed by atoms with E-state index in [-0.39, 0.29) is 0 Å². The molecule has 3 nitrogen and oxygen atoms in total. The maximum absolute atomic E-state index is 6.06. The molecule has 0 radical (unpaired) electrons. The van der Waals surface area contributed by atoms with E-state index in [9.17, 15) is 0 Å². The van der Waals surface area contributed by atoms with Gasteiger partial charge in [0.2, 0.25) is 0 Å². The Bertz CT molecular complexity index is 331. The molecule has 0 spiro atoms. The van der Waals surface area contributed by atoms with E-state index in [2.05, 4.69) is 10.6 Å². The summed E-state index contributed by atoms with van der Waals surface area (Å²) < 4.78 is 5.05. The third-order valence-corrected chi connectivity index (χ3v) is 2.82. The summed E-state index contributed by atoms with van der Waals surface area (Å²) in [5.41, 5.74) is 0.817. The van der Waals surface area contributed by atoms with Crippen molar-refractivity contribution in [1.82, 2.24) is 5.32 Å². The van der Waals surface area contributed by atoms with Gasteiger partial charge in [-0.25, -0.2) is 0 Å². The van der Waals surface area contributed by atoms with Crippen LogP contribution in [0.15, 0.2) is 12.1 Å². The van der Waals surface area contributed by atoms with Gasteiger partial charge < -0.3 is 15.4 Å². The highest BCUT2D eigenvalue weighted by molar-refractivity contribution is 6.44. The van der Waals surface area contributed by atoms with Crippen LogP contribution in [0.2, 0.25) is 10.0 Å². The van der Waals surface area contributed by atoms with Crippen LogP contribution in [0.3, 0.4) is 0 Å². The molecule has 2 N–H and O–H groups in total. The number of hydrogen-bond donors (Lipinski definition) is 2. The first kappa shape index (κ1) is 12.4. The number of likely N-dealkylation sites (N-methyl/N-ethyl adjacent to an activating group) is 1. The van der Waals surface area contributed by atoms with Gasteiger partial charge in [0, 0.05) is 13.1 Å². The number of hydrogen-bond acceptors (Lipinski definition) is 3. The molecule has 0 aliphatic heterocycles. The molecule has 0 atom stereocenters. The summed E-state index contributed by atoms with van der Waals surface area (Å²) in [5, 5.41) is 7.13. The molecule has 0 fully saturated rings. The van der Waals surface area contributed by atoms with Crippen LogP contribution in [0.5, 0.6) is 5.75 Å². The molecule has 1 aromatic carbocycles. The zero-order valence-electron chi connectivity index (χ0n) is 8.73. The van der Waals surface area contributed by atoms with Gasteiger partial charge >= 0.3 is 0 Å². The Balaban J connectivity index is 2.77. The van der Waals surface area contributed by atoms with Gasteiger partial charge in [0.05, 0.1) is 17.8 Å². The molecule has 0 unspecified atom stereocenters. The van der Waals surface area contributed by atoms with Crippen molar-refractivity contribution in [2.24, 2.45) is 0 Å². The average molecular weight is 249 g/mol. The van der Waals surface area contributed by atoms with Crippen molar-refractivity contribution in [3.8, 4) is 5.75 Å². The predicted octanol–water partition coefficient (Wildman–Crippen LogP) is 2.63. The Kier molecular flexibility index (Phi) is 5.02. The third-order valence-electron chi connectivity index (χ3n) is 1.96. The minimum atomic E-state index is 0.439. The lowest BCUT2D eigenvalue weighted by Crippen LogP contribution is -2.17. The van der Waals surface area contributed by atoms with E-state index in [1.807, 2.05) is 13.1 Å². The lowest BCUT2D eigenvalue weighted by Gasteiger charge is -2.11. The second-order valence-corrected chi connectivity index (χ2v) is 3.73. The molecule has 0 saturated heterocycles. The standard InChI is InChI=1S/C10H14Cl2N2O/c1-13-5-6-14-7-3-4-8(15-2)10(12)9(7)11/h3-4,13-14H,5-6H2,1-2H3. The first-order chi connectivity index (χ1) is 7.20. The third kappa shape index (κ3) is 3.16. The SMILES string of the molecule is CNCCNc1ccc(OC)c(Cl)c1Cl. The Hall–Kier alpha value is -0.640. The van der Waals surface area contributed by atoms with Gasteiger partial charge in [-0.2, -0.15) is 0 Å². The van der Waals surface area contributed by atoms with Crippen molar-refractivity contribution in [2.45, 2.75) is 0 Å². The monoisotopic (exact) mass is 248 g/mol. The van der Waals surface area contributed by atoms with Gasteiger partial charge in [-0.3, -0.25) is 0 Å². The summed E-state index contributed by atoms with van der Waals surface area (Å²) in [6.07, 6.45) is 0. The summed E-state index contributed by atoms with van der Waals surface area (Å²) in [5.74, 6) is 0.584. The number of rotatable bonds is 5. The van der Waals surface area contributed by atoms with E-state index < -0.39 is 0 Å². The maximum atomic E-state index is 6.06. The predicted molar refractivity (Wildman–Crippen MR) is 65.4 cm³/mol. The highest BCUT2D eigenvalue weighted by Gasteiger charge is 2.09. The fourth-order valence-electron chi connectivity index (χ4n) is 1.15.